The lowest BCUT2D eigenvalue weighted by Gasteiger charge is -2.25. The number of carbonyl (C=O) groups is 1. The lowest BCUT2D eigenvalue weighted by atomic mass is 10.2. The van der Waals surface area contributed by atoms with Crippen molar-refractivity contribution in [1.82, 2.24) is 10.1 Å². The SMILES string of the molecule is Cc1cc(C(=O)N(C(C)C)C2CC2)on1. The van der Waals surface area contributed by atoms with Crippen LogP contribution in [0.3, 0.4) is 0 Å². The van der Waals surface area contributed by atoms with Crippen LogP contribution in [0.15, 0.2) is 10.6 Å². The van der Waals surface area contributed by atoms with Crippen LogP contribution in [-0.4, -0.2) is 28.0 Å². The summed E-state index contributed by atoms with van der Waals surface area (Å²) in [5, 5.41) is 3.74. The number of hydrogen-bond donors (Lipinski definition) is 0. The van der Waals surface area contributed by atoms with E-state index < -0.39 is 0 Å². The Balaban J connectivity index is 2.17. The zero-order valence-corrected chi connectivity index (χ0v) is 9.36. The molecule has 1 amide bonds. The molecule has 0 unspecified atom stereocenters. The van der Waals surface area contributed by atoms with E-state index in [0.29, 0.717) is 11.8 Å². The second kappa shape index (κ2) is 3.68. The van der Waals surface area contributed by atoms with Crippen LogP contribution in [-0.2, 0) is 0 Å². The summed E-state index contributed by atoms with van der Waals surface area (Å²) in [6.07, 6.45) is 2.22. The molecule has 0 atom stereocenters. The molecular formula is C11H16N2O2. The summed E-state index contributed by atoms with van der Waals surface area (Å²) in [6.45, 7) is 5.87. The molecule has 2 rings (SSSR count). The maximum Gasteiger partial charge on any atom is 0.292 e. The predicted molar refractivity (Wildman–Crippen MR) is 55.6 cm³/mol. The maximum absolute atomic E-state index is 12.1. The fourth-order valence-corrected chi connectivity index (χ4v) is 1.77. The number of nitrogens with zero attached hydrogens (tertiary/aromatic N) is 2. The third-order valence-corrected chi connectivity index (χ3v) is 2.57. The molecule has 4 nitrogen and oxygen atoms in total. The third-order valence-electron chi connectivity index (χ3n) is 2.57. The van der Waals surface area contributed by atoms with Gasteiger partial charge in [0.05, 0.1) is 5.69 Å². The molecule has 0 radical (unpaired) electrons. The molecule has 1 aromatic heterocycles. The molecular weight excluding hydrogens is 192 g/mol. The van der Waals surface area contributed by atoms with Gasteiger partial charge in [0.1, 0.15) is 0 Å². The number of aryl methyl sites for hydroxylation is 1. The second-order valence-electron chi connectivity index (χ2n) is 4.37. The molecule has 4 heteroatoms. The standard InChI is InChI=1S/C11H16N2O2/c1-7(2)13(9-4-5-9)11(14)10-6-8(3)12-15-10/h6-7,9H,4-5H2,1-3H3. The van der Waals surface area contributed by atoms with Crippen molar-refractivity contribution in [3.05, 3.63) is 17.5 Å². The highest BCUT2D eigenvalue weighted by molar-refractivity contribution is 5.92. The molecule has 1 heterocycles. The Morgan fingerprint density at radius 3 is 2.67 bits per heavy atom. The van der Waals surface area contributed by atoms with Gasteiger partial charge in [0.25, 0.3) is 5.91 Å². The van der Waals surface area contributed by atoms with E-state index in [0.717, 1.165) is 18.5 Å². The van der Waals surface area contributed by atoms with E-state index in [4.69, 9.17) is 4.52 Å². The molecule has 1 aromatic rings. The molecule has 1 saturated carbocycles. The Bertz CT molecular complexity index is 364. The van der Waals surface area contributed by atoms with Crippen molar-refractivity contribution in [2.45, 2.75) is 45.7 Å². The average molecular weight is 208 g/mol. The molecule has 1 fully saturated rings. The minimum Gasteiger partial charge on any atom is -0.351 e. The van der Waals surface area contributed by atoms with Crippen LogP contribution in [0.1, 0.15) is 42.9 Å². The quantitative estimate of drug-likeness (QED) is 0.763. The molecule has 15 heavy (non-hydrogen) atoms. The van der Waals surface area contributed by atoms with Gasteiger partial charge in [0.15, 0.2) is 0 Å². The van der Waals surface area contributed by atoms with Crippen LogP contribution < -0.4 is 0 Å². The van der Waals surface area contributed by atoms with Crippen LogP contribution in [0.4, 0.5) is 0 Å². The molecule has 1 aliphatic rings. The topological polar surface area (TPSA) is 46.3 Å². The number of amides is 1. The van der Waals surface area contributed by atoms with E-state index in [1.807, 2.05) is 25.7 Å². The van der Waals surface area contributed by atoms with Gasteiger partial charge in [-0.1, -0.05) is 5.16 Å². The highest BCUT2D eigenvalue weighted by atomic mass is 16.5. The minimum absolute atomic E-state index is 0.0342. The summed E-state index contributed by atoms with van der Waals surface area (Å²) < 4.78 is 4.99. The van der Waals surface area contributed by atoms with Crippen molar-refractivity contribution < 1.29 is 9.32 Å². The largest absolute Gasteiger partial charge is 0.351 e. The number of carbonyl (C=O) groups excluding carboxylic acids is 1. The summed E-state index contributed by atoms with van der Waals surface area (Å²) in [7, 11) is 0. The predicted octanol–water partition coefficient (Wildman–Crippen LogP) is 2.00. The van der Waals surface area contributed by atoms with Crippen molar-refractivity contribution in [3.8, 4) is 0 Å². The zero-order chi connectivity index (χ0) is 11.0. The first-order chi connectivity index (χ1) is 7.09. The Hall–Kier alpha value is -1.32. The normalized spacial score (nSPS) is 15.7. The highest BCUT2D eigenvalue weighted by Gasteiger charge is 2.36. The van der Waals surface area contributed by atoms with Crippen LogP contribution in [0.5, 0.6) is 0 Å². The Morgan fingerprint density at radius 1 is 1.60 bits per heavy atom. The molecule has 0 aromatic carbocycles. The fraction of sp³-hybridized carbons (Fsp3) is 0.636. The number of aromatic nitrogens is 1. The van der Waals surface area contributed by atoms with Gasteiger partial charge in [-0.05, 0) is 33.6 Å². The van der Waals surface area contributed by atoms with Crippen molar-refractivity contribution >= 4 is 5.91 Å². The monoisotopic (exact) mass is 208 g/mol. The van der Waals surface area contributed by atoms with Crippen molar-refractivity contribution in [1.29, 1.82) is 0 Å². The van der Waals surface area contributed by atoms with E-state index in [1.54, 1.807) is 6.07 Å². The van der Waals surface area contributed by atoms with E-state index in [1.165, 1.54) is 0 Å². The smallest absolute Gasteiger partial charge is 0.292 e. The molecule has 0 N–H and O–H groups in total. The third kappa shape index (κ3) is 2.03. The maximum atomic E-state index is 12.1. The van der Waals surface area contributed by atoms with Crippen LogP contribution in [0, 0.1) is 6.92 Å². The van der Waals surface area contributed by atoms with Crippen molar-refractivity contribution in [3.63, 3.8) is 0 Å². The van der Waals surface area contributed by atoms with Gasteiger partial charge < -0.3 is 9.42 Å². The Morgan fingerprint density at radius 2 is 2.27 bits per heavy atom. The van der Waals surface area contributed by atoms with E-state index in [2.05, 4.69) is 5.16 Å². The van der Waals surface area contributed by atoms with Gasteiger partial charge in [0.2, 0.25) is 5.76 Å². The van der Waals surface area contributed by atoms with Crippen LogP contribution >= 0.6 is 0 Å². The van der Waals surface area contributed by atoms with Crippen LogP contribution in [0.2, 0.25) is 0 Å². The zero-order valence-electron chi connectivity index (χ0n) is 9.36. The first-order valence-electron chi connectivity index (χ1n) is 5.35. The van der Waals surface area contributed by atoms with Crippen molar-refractivity contribution in [2.24, 2.45) is 0 Å². The molecule has 1 aliphatic carbocycles. The van der Waals surface area contributed by atoms with Gasteiger partial charge in [-0.25, -0.2) is 0 Å². The molecule has 82 valence electrons. The summed E-state index contributed by atoms with van der Waals surface area (Å²) in [6, 6.07) is 2.32. The summed E-state index contributed by atoms with van der Waals surface area (Å²) in [5.74, 6) is 0.321. The first kappa shape index (κ1) is 10.2. The van der Waals surface area contributed by atoms with Gasteiger partial charge >= 0.3 is 0 Å². The second-order valence-corrected chi connectivity index (χ2v) is 4.37. The first-order valence-corrected chi connectivity index (χ1v) is 5.35. The molecule has 0 bridgehead atoms. The number of rotatable bonds is 3. The van der Waals surface area contributed by atoms with Crippen LogP contribution in [0.25, 0.3) is 0 Å². The van der Waals surface area contributed by atoms with Gasteiger partial charge in [-0.3, -0.25) is 4.79 Å². The molecule has 0 spiro atoms. The lowest BCUT2D eigenvalue weighted by molar-refractivity contribution is 0.0647. The Kier molecular flexibility index (Phi) is 2.50. The van der Waals surface area contributed by atoms with E-state index in [9.17, 15) is 4.79 Å². The summed E-state index contributed by atoms with van der Waals surface area (Å²) in [4.78, 5) is 14.0. The molecule has 0 saturated heterocycles. The van der Waals surface area contributed by atoms with Crippen molar-refractivity contribution in [2.75, 3.05) is 0 Å². The van der Waals surface area contributed by atoms with Gasteiger partial charge in [-0.2, -0.15) is 0 Å². The highest BCUT2D eigenvalue weighted by Crippen LogP contribution is 2.30. The summed E-state index contributed by atoms with van der Waals surface area (Å²) in [5.41, 5.74) is 0.748. The molecule has 0 aliphatic heterocycles. The van der Waals surface area contributed by atoms with Gasteiger partial charge in [0, 0.05) is 18.2 Å². The summed E-state index contributed by atoms with van der Waals surface area (Å²) >= 11 is 0. The minimum atomic E-state index is -0.0342. The van der Waals surface area contributed by atoms with Gasteiger partial charge in [-0.15, -0.1) is 0 Å². The van der Waals surface area contributed by atoms with E-state index >= 15 is 0 Å². The van der Waals surface area contributed by atoms with E-state index in [-0.39, 0.29) is 11.9 Å². The Labute approximate surface area is 89.2 Å². The fourth-order valence-electron chi connectivity index (χ4n) is 1.77. The lowest BCUT2D eigenvalue weighted by Crippen LogP contribution is -2.38. The number of hydrogen-bond acceptors (Lipinski definition) is 3. The average Bonchev–Trinajstić information content (AvgIpc) is 2.87.